The quantitative estimate of drug-likeness (QED) is 0.195. The smallest absolute Gasteiger partial charge is 0.335 e. The Hall–Kier alpha value is -4.95. The zero-order valence-corrected chi connectivity index (χ0v) is 24.3. The normalized spacial score (nSPS) is 16.4. The standard InChI is InChI=1S/C34H30N4O3S/c1-21-7-15-27(16-8-21)41-28-17-13-26(14-18-28)38-32(31(36-34(38)42)30-6-4-5-19-35-30)29-20-22(2)37(23(29)3)25-11-9-24(10-12-25)33(39)40/h4-20,31-32H,1-3H3,(H,36,42)(H,39,40)/t31-,32-/m0/s1. The number of ether oxygens (including phenoxy) is 1. The van der Waals surface area contributed by atoms with Gasteiger partial charge in [-0.05, 0) is 117 Å². The second-order valence-electron chi connectivity index (χ2n) is 10.4. The third kappa shape index (κ3) is 5.12. The molecule has 0 bridgehead atoms. The van der Waals surface area contributed by atoms with Gasteiger partial charge in [0.05, 0.1) is 23.3 Å². The summed E-state index contributed by atoms with van der Waals surface area (Å²) in [4.78, 5) is 18.2. The number of hydrogen-bond donors (Lipinski definition) is 2. The first-order valence-electron chi connectivity index (χ1n) is 13.7. The van der Waals surface area contributed by atoms with Crippen LogP contribution in [0.1, 0.15) is 50.7 Å². The predicted molar refractivity (Wildman–Crippen MR) is 168 cm³/mol. The van der Waals surface area contributed by atoms with Crippen LogP contribution in [-0.2, 0) is 0 Å². The Labute approximate surface area is 250 Å². The molecule has 3 aromatic carbocycles. The molecule has 42 heavy (non-hydrogen) atoms. The number of nitrogens with zero attached hydrogens (tertiary/aromatic N) is 3. The Balaban J connectivity index is 1.39. The van der Waals surface area contributed by atoms with Crippen LogP contribution < -0.4 is 15.0 Å². The molecule has 2 atom stereocenters. The number of nitrogens with one attached hydrogen (secondary N) is 1. The molecule has 1 aliphatic heterocycles. The number of aryl methyl sites for hydroxylation is 2. The van der Waals surface area contributed by atoms with Crippen molar-refractivity contribution in [2.75, 3.05) is 4.90 Å². The van der Waals surface area contributed by atoms with Gasteiger partial charge in [-0.2, -0.15) is 0 Å². The molecule has 0 spiro atoms. The highest BCUT2D eigenvalue weighted by atomic mass is 32.1. The lowest BCUT2D eigenvalue weighted by molar-refractivity contribution is 0.0697. The summed E-state index contributed by atoms with van der Waals surface area (Å²) in [5.41, 5.74) is 7.32. The van der Waals surface area contributed by atoms with Crippen LogP contribution in [0, 0.1) is 20.8 Å². The van der Waals surface area contributed by atoms with Gasteiger partial charge in [0.15, 0.2) is 5.11 Å². The van der Waals surface area contributed by atoms with Crippen LogP contribution in [0.3, 0.4) is 0 Å². The maximum Gasteiger partial charge on any atom is 0.335 e. The van der Waals surface area contributed by atoms with E-state index in [1.54, 1.807) is 18.3 Å². The van der Waals surface area contributed by atoms with Crippen molar-refractivity contribution in [3.05, 3.63) is 137 Å². The van der Waals surface area contributed by atoms with E-state index in [4.69, 9.17) is 17.0 Å². The van der Waals surface area contributed by atoms with E-state index in [2.05, 4.69) is 39.7 Å². The molecule has 210 valence electrons. The van der Waals surface area contributed by atoms with E-state index in [0.717, 1.165) is 45.5 Å². The first-order valence-corrected chi connectivity index (χ1v) is 14.1. The van der Waals surface area contributed by atoms with Crippen LogP contribution in [0.5, 0.6) is 11.5 Å². The average molecular weight is 575 g/mol. The monoisotopic (exact) mass is 574 g/mol. The van der Waals surface area contributed by atoms with Crippen molar-refractivity contribution in [2.24, 2.45) is 0 Å². The lowest BCUT2D eigenvalue weighted by Gasteiger charge is -2.28. The number of pyridine rings is 1. The van der Waals surface area contributed by atoms with Crippen LogP contribution in [-0.4, -0.2) is 25.7 Å². The van der Waals surface area contributed by atoms with Gasteiger partial charge < -0.3 is 24.6 Å². The molecule has 5 aromatic rings. The van der Waals surface area contributed by atoms with Gasteiger partial charge in [0.1, 0.15) is 11.5 Å². The second-order valence-corrected chi connectivity index (χ2v) is 10.8. The third-order valence-electron chi connectivity index (χ3n) is 7.63. The molecule has 2 aromatic heterocycles. The summed E-state index contributed by atoms with van der Waals surface area (Å²) < 4.78 is 8.22. The van der Waals surface area contributed by atoms with E-state index < -0.39 is 5.97 Å². The average Bonchev–Trinajstić information content (AvgIpc) is 3.49. The molecule has 2 N–H and O–H groups in total. The Morgan fingerprint density at radius 1 is 0.881 bits per heavy atom. The molecule has 3 heterocycles. The summed E-state index contributed by atoms with van der Waals surface area (Å²) in [6, 6.07) is 30.6. The van der Waals surface area contributed by atoms with Gasteiger partial charge in [-0.25, -0.2) is 4.79 Å². The lowest BCUT2D eigenvalue weighted by atomic mass is 9.96. The number of carbonyl (C=O) groups is 1. The summed E-state index contributed by atoms with van der Waals surface area (Å²) in [5, 5.41) is 13.5. The molecule has 0 radical (unpaired) electrons. The van der Waals surface area contributed by atoms with Crippen molar-refractivity contribution in [1.82, 2.24) is 14.9 Å². The Bertz CT molecular complexity index is 1750. The number of anilines is 1. The van der Waals surface area contributed by atoms with Gasteiger partial charge >= 0.3 is 5.97 Å². The number of thiocarbonyl (C=S) groups is 1. The number of carboxylic acid groups (broad SMARTS) is 1. The fourth-order valence-corrected chi connectivity index (χ4v) is 5.95. The van der Waals surface area contributed by atoms with Crippen molar-refractivity contribution in [2.45, 2.75) is 32.9 Å². The van der Waals surface area contributed by atoms with E-state index in [1.807, 2.05) is 85.8 Å². The number of aromatic nitrogens is 2. The summed E-state index contributed by atoms with van der Waals surface area (Å²) in [6.45, 7) is 6.19. The van der Waals surface area contributed by atoms with Gasteiger partial charge in [0, 0.05) is 29.0 Å². The Kier molecular flexibility index (Phi) is 7.22. The molecule has 8 heteroatoms. The van der Waals surface area contributed by atoms with Gasteiger partial charge in [-0.1, -0.05) is 23.8 Å². The van der Waals surface area contributed by atoms with E-state index in [9.17, 15) is 9.90 Å². The molecule has 0 amide bonds. The van der Waals surface area contributed by atoms with Crippen LogP contribution in [0.2, 0.25) is 0 Å². The van der Waals surface area contributed by atoms with Crippen molar-refractivity contribution in [3.63, 3.8) is 0 Å². The maximum atomic E-state index is 11.4. The van der Waals surface area contributed by atoms with E-state index >= 15 is 0 Å². The zero-order chi connectivity index (χ0) is 29.4. The minimum Gasteiger partial charge on any atom is -0.478 e. The topological polar surface area (TPSA) is 79.6 Å². The van der Waals surface area contributed by atoms with Gasteiger partial charge in [-0.15, -0.1) is 0 Å². The number of hydrogen-bond acceptors (Lipinski definition) is 4. The van der Waals surface area contributed by atoms with Crippen molar-refractivity contribution in [3.8, 4) is 17.2 Å². The minimum absolute atomic E-state index is 0.186. The van der Waals surface area contributed by atoms with Crippen molar-refractivity contribution >= 4 is 29.0 Å². The van der Waals surface area contributed by atoms with Crippen LogP contribution in [0.15, 0.2) is 103 Å². The number of benzene rings is 3. The van der Waals surface area contributed by atoms with E-state index in [1.165, 1.54) is 5.56 Å². The molecule has 6 rings (SSSR count). The third-order valence-corrected chi connectivity index (χ3v) is 7.95. The van der Waals surface area contributed by atoms with Crippen molar-refractivity contribution < 1.29 is 14.6 Å². The highest BCUT2D eigenvalue weighted by Gasteiger charge is 2.42. The number of carboxylic acids is 1. The number of rotatable bonds is 7. The SMILES string of the molecule is Cc1ccc(Oc2ccc(N3C(=S)N[C@@H](c4ccccn4)[C@@H]3c3cc(C)n(-c4ccc(C(=O)O)cc4)c3C)cc2)cc1. The molecule has 7 nitrogen and oxygen atoms in total. The van der Waals surface area contributed by atoms with Gasteiger partial charge in [0.2, 0.25) is 0 Å². The molecular weight excluding hydrogens is 544 g/mol. The lowest BCUT2D eigenvalue weighted by Crippen LogP contribution is -2.29. The molecule has 1 aliphatic rings. The first kappa shape index (κ1) is 27.2. The first-order chi connectivity index (χ1) is 20.3. The molecule has 1 fully saturated rings. The molecule has 0 aliphatic carbocycles. The second kappa shape index (κ2) is 11.1. The maximum absolute atomic E-state index is 11.4. The fraction of sp³-hybridized carbons (Fsp3) is 0.147. The Morgan fingerprint density at radius 2 is 1.52 bits per heavy atom. The minimum atomic E-state index is -0.946. The molecule has 1 saturated heterocycles. The summed E-state index contributed by atoms with van der Waals surface area (Å²) >= 11 is 5.94. The summed E-state index contributed by atoms with van der Waals surface area (Å²) in [5.74, 6) is 0.572. The molecule has 0 unspecified atom stereocenters. The van der Waals surface area contributed by atoms with Crippen LogP contribution in [0.25, 0.3) is 5.69 Å². The van der Waals surface area contributed by atoms with E-state index in [0.29, 0.717) is 5.11 Å². The molecular formula is C34H30N4O3S. The summed E-state index contributed by atoms with van der Waals surface area (Å²) in [7, 11) is 0. The van der Waals surface area contributed by atoms with Crippen LogP contribution >= 0.6 is 12.2 Å². The van der Waals surface area contributed by atoms with E-state index in [-0.39, 0.29) is 17.6 Å². The highest BCUT2D eigenvalue weighted by Crippen LogP contribution is 2.44. The molecule has 0 saturated carbocycles. The summed E-state index contributed by atoms with van der Waals surface area (Å²) in [6.07, 6.45) is 1.80. The zero-order valence-electron chi connectivity index (χ0n) is 23.5. The Morgan fingerprint density at radius 3 is 2.14 bits per heavy atom. The predicted octanol–water partition coefficient (Wildman–Crippen LogP) is 7.47. The highest BCUT2D eigenvalue weighted by molar-refractivity contribution is 7.80. The van der Waals surface area contributed by atoms with Gasteiger partial charge in [-0.3, -0.25) is 4.98 Å². The van der Waals surface area contributed by atoms with Gasteiger partial charge in [0.25, 0.3) is 0 Å². The van der Waals surface area contributed by atoms with Crippen LogP contribution in [0.4, 0.5) is 5.69 Å². The fourth-order valence-electron chi connectivity index (χ4n) is 5.60. The van der Waals surface area contributed by atoms with Crippen molar-refractivity contribution in [1.29, 1.82) is 0 Å². The number of aromatic carboxylic acids is 1. The largest absolute Gasteiger partial charge is 0.478 e.